The lowest BCUT2D eigenvalue weighted by Crippen LogP contribution is -2.13. The molecule has 0 aliphatic heterocycles. The molecule has 23 heavy (non-hydrogen) atoms. The number of sulfonamides is 1. The minimum Gasteiger partial charge on any atom is -0.355 e. The Balaban J connectivity index is 1.95. The molecule has 3 aromatic rings. The number of hydrogen-bond acceptors (Lipinski definition) is 5. The van der Waals surface area contributed by atoms with Crippen molar-refractivity contribution in [1.82, 2.24) is 5.16 Å². The van der Waals surface area contributed by atoms with E-state index in [0.29, 0.717) is 16.3 Å². The van der Waals surface area contributed by atoms with Gasteiger partial charge >= 0.3 is 0 Å². The lowest BCUT2D eigenvalue weighted by Gasteiger charge is -2.09. The Hall–Kier alpha value is -2.12. The van der Waals surface area contributed by atoms with Crippen LogP contribution in [0.25, 0.3) is 10.6 Å². The summed E-state index contributed by atoms with van der Waals surface area (Å²) in [6.45, 7) is 5.71. The number of benzene rings is 1. The van der Waals surface area contributed by atoms with Crippen LogP contribution in [-0.2, 0) is 10.0 Å². The van der Waals surface area contributed by atoms with Gasteiger partial charge in [-0.3, -0.25) is 4.72 Å². The zero-order valence-corrected chi connectivity index (χ0v) is 14.6. The fourth-order valence-electron chi connectivity index (χ4n) is 2.21. The van der Waals surface area contributed by atoms with Crippen molar-refractivity contribution in [2.75, 3.05) is 4.72 Å². The average Bonchev–Trinajstić information content (AvgIpc) is 3.11. The minimum atomic E-state index is -3.65. The summed E-state index contributed by atoms with van der Waals surface area (Å²) in [6, 6.07) is 8.81. The van der Waals surface area contributed by atoms with Crippen LogP contribution in [-0.4, -0.2) is 13.6 Å². The average molecular weight is 348 g/mol. The second-order valence-corrected chi connectivity index (χ2v) is 8.22. The van der Waals surface area contributed by atoms with Gasteiger partial charge in [0.25, 0.3) is 10.0 Å². The van der Waals surface area contributed by atoms with E-state index in [4.69, 9.17) is 4.52 Å². The minimum absolute atomic E-state index is 0.257. The van der Waals surface area contributed by atoms with Crippen LogP contribution >= 0.6 is 11.3 Å². The molecule has 2 heterocycles. The van der Waals surface area contributed by atoms with E-state index in [1.807, 2.05) is 26.0 Å². The van der Waals surface area contributed by atoms with Crippen LogP contribution in [0.1, 0.15) is 16.0 Å². The molecule has 0 atom stereocenters. The van der Waals surface area contributed by atoms with E-state index in [2.05, 4.69) is 9.88 Å². The summed E-state index contributed by atoms with van der Waals surface area (Å²) in [7, 11) is -3.65. The van der Waals surface area contributed by atoms with E-state index < -0.39 is 10.0 Å². The van der Waals surface area contributed by atoms with Gasteiger partial charge in [-0.1, -0.05) is 11.2 Å². The molecule has 0 bridgehead atoms. The summed E-state index contributed by atoms with van der Waals surface area (Å²) < 4.78 is 33.0. The van der Waals surface area contributed by atoms with Crippen molar-refractivity contribution < 1.29 is 12.9 Å². The van der Waals surface area contributed by atoms with Gasteiger partial charge in [-0.25, -0.2) is 8.42 Å². The van der Waals surface area contributed by atoms with Crippen molar-refractivity contribution in [1.29, 1.82) is 0 Å². The Morgan fingerprint density at radius 2 is 1.87 bits per heavy atom. The summed E-state index contributed by atoms with van der Waals surface area (Å²) in [4.78, 5) is 1.69. The molecule has 0 amide bonds. The van der Waals surface area contributed by atoms with Gasteiger partial charge in [0.1, 0.15) is 4.90 Å². The highest BCUT2D eigenvalue weighted by atomic mass is 32.2. The summed E-state index contributed by atoms with van der Waals surface area (Å²) in [5, 5.41) is 3.65. The molecule has 0 aliphatic carbocycles. The maximum Gasteiger partial charge on any atom is 0.263 e. The van der Waals surface area contributed by atoms with Crippen LogP contribution < -0.4 is 4.72 Å². The Kier molecular flexibility index (Phi) is 3.99. The van der Waals surface area contributed by atoms with Gasteiger partial charge in [0.2, 0.25) is 0 Å². The van der Waals surface area contributed by atoms with Crippen molar-refractivity contribution in [3.63, 3.8) is 0 Å². The first-order valence-corrected chi connectivity index (χ1v) is 9.28. The number of aryl methyl sites for hydroxylation is 3. The third-order valence-corrected chi connectivity index (χ3v) is 6.30. The van der Waals surface area contributed by atoms with Crippen molar-refractivity contribution in [2.24, 2.45) is 0 Å². The van der Waals surface area contributed by atoms with Crippen molar-refractivity contribution in [3.05, 3.63) is 52.5 Å². The summed E-state index contributed by atoms with van der Waals surface area (Å²) in [6.07, 6.45) is 1.53. The van der Waals surface area contributed by atoms with Crippen molar-refractivity contribution in [3.8, 4) is 10.6 Å². The fourth-order valence-corrected chi connectivity index (χ4v) is 4.81. The molecule has 0 fully saturated rings. The molecule has 7 heteroatoms. The number of thiophene rings is 1. The van der Waals surface area contributed by atoms with E-state index in [0.717, 1.165) is 16.0 Å². The molecule has 0 saturated heterocycles. The predicted octanol–water partition coefficient (Wildman–Crippen LogP) is 4.13. The SMILES string of the molecule is Cc1ccc(NS(=O)(=O)c2cc(-c3ccno3)sc2C)cc1C. The van der Waals surface area contributed by atoms with E-state index in [1.54, 1.807) is 25.1 Å². The zero-order chi connectivity index (χ0) is 16.6. The molecule has 2 aromatic heterocycles. The molecule has 1 N–H and O–H groups in total. The highest BCUT2D eigenvalue weighted by Gasteiger charge is 2.21. The van der Waals surface area contributed by atoms with Crippen molar-refractivity contribution in [2.45, 2.75) is 25.7 Å². The van der Waals surface area contributed by atoms with Crippen LogP contribution in [0.2, 0.25) is 0 Å². The molecule has 0 unspecified atom stereocenters. The topological polar surface area (TPSA) is 72.2 Å². The third kappa shape index (κ3) is 3.16. The normalized spacial score (nSPS) is 11.6. The standard InChI is InChI=1S/C16H16N2O3S2/c1-10-4-5-13(8-11(10)2)18-23(19,20)16-9-15(22-12(16)3)14-6-7-17-21-14/h4-9,18H,1-3H3. The van der Waals surface area contributed by atoms with Crippen LogP contribution in [0.15, 0.2) is 45.9 Å². The van der Waals surface area contributed by atoms with E-state index in [-0.39, 0.29) is 4.90 Å². The molecule has 0 radical (unpaired) electrons. The van der Waals surface area contributed by atoms with Crippen molar-refractivity contribution >= 4 is 27.0 Å². The van der Waals surface area contributed by atoms with Gasteiger partial charge < -0.3 is 4.52 Å². The quantitative estimate of drug-likeness (QED) is 0.769. The Morgan fingerprint density at radius 3 is 2.52 bits per heavy atom. The number of hydrogen-bond donors (Lipinski definition) is 1. The summed E-state index contributed by atoms with van der Waals surface area (Å²) in [5.41, 5.74) is 2.71. The first-order valence-electron chi connectivity index (χ1n) is 6.98. The second kappa shape index (κ2) is 5.82. The molecule has 120 valence electrons. The van der Waals surface area contributed by atoms with E-state index in [9.17, 15) is 8.42 Å². The highest BCUT2D eigenvalue weighted by Crippen LogP contribution is 2.34. The maximum absolute atomic E-state index is 12.7. The lowest BCUT2D eigenvalue weighted by molar-refractivity contribution is 0.433. The molecular formula is C16H16N2O3S2. The van der Waals surface area contributed by atoms with Crippen LogP contribution in [0.5, 0.6) is 0 Å². The Labute approximate surface area is 139 Å². The summed E-state index contributed by atoms with van der Waals surface area (Å²) >= 11 is 1.36. The molecule has 1 aromatic carbocycles. The van der Waals surface area contributed by atoms with Crippen LogP contribution in [0, 0.1) is 20.8 Å². The monoisotopic (exact) mass is 348 g/mol. The number of nitrogens with one attached hydrogen (secondary N) is 1. The van der Waals surface area contributed by atoms with E-state index in [1.165, 1.54) is 17.5 Å². The number of aromatic nitrogens is 1. The molecule has 0 spiro atoms. The fraction of sp³-hybridized carbons (Fsp3) is 0.188. The number of nitrogens with zero attached hydrogens (tertiary/aromatic N) is 1. The zero-order valence-electron chi connectivity index (χ0n) is 13.0. The van der Waals surface area contributed by atoms with Gasteiger partial charge in [-0.2, -0.15) is 0 Å². The predicted molar refractivity (Wildman–Crippen MR) is 91.3 cm³/mol. The van der Waals surface area contributed by atoms with Gasteiger partial charge in [0.15, 0.2) is 5.76 Å². The second-order valence-electron chi connectivity index (χ2n) is 5.31. The van der Waals surface area contributed by atoms with Gasteiger partial charge in [-0.15, -0.1) is 11.3 Å². The number of rotatable bonds is 4. The first kappa shape index (κ1) is 15.8. The van der Waals surface area contributed by atoms with E-state index >= 15 is 0 Å². The molecule has 5 nitrogen and oxygen atoms in total. The largest absolute Gasteiger partial charge is 0.355 e. The Morgan fingerprint density at radius 1 is 1.09 bits per heavy atom. The maximum atomic E-state index is 12.7. The Bertz CT molecular complexity index is 942. The smallest absolute Gasteiger partial charge is 0.263 e. The van der Waals surface area contributed by atoms with Gasteiger partial charge in [0, 0.05) is 16.6 Å². The van der Waals surface area contributed by atoms with Gasteiger partial charge in [0.05, 0.1) is 11.1 Å². The molecular weight excluding hydrogens is 332 g/mol. The van der Waals surface area contributed by atoms with Crippen LogP contribution in [0.3, 0.4) is 0 Å². The first-order chi connectivity index (χ1) is 10.9. The lowest BCUT2D eigenvalue weighted by atomic mass is 10.1. The summed E-state index contributed by atoms with van der Waals surface area (Å²) in [5.74, 6) is 0.561. The third-order valence-electron chi connectivity index (χ3n) is 3.60. The van der Waals surface area contributed by atoms with Crippen LogP contribution in [0.4, 0.5) is 5.69 Å². The molecule has 0 aliphatic rings. The number of anilines is 1. The molecule has 0 saturated carbocycles. The highest BCUT2D eigenvalue weighted by molar-refractivity contribution is 7.93. The molecule has 3 rings (SSSR count). The van der Waals surface area contributed by atoms with Gasteiger partial charge in [-0.05, 0) is 50.1 Å².